The monoisotopic (exact) mass is 414 g/mol. The Labute approximate surface area is 179 Å². The highest BCUT2D eigenvalue weighted by Crippen LogP contribution is 2.17. The Morgan fingerprint density at radius 2 is 1.74 bits per heavy atom. The maximum absolute atomic E-state index is 12.6. The number of carbonyl (C=O) groups is 1. The van der Waals surface area contributed by atoms with Crippen LogP contribution in [0.5, 0.6) is 5.75 Å². The molecular weight excluding hydrogens is 392 g/mol. The Hall–Kier alpha value is -4.00. The molecule has 4 aromatic rings. The van der Waals surface area contributed by atoms with Crippen LogP contribution in [0.15, 0.2) is 77.6 Å². The van der Waals surface area contributed by atoms with Crippen molar-refractivity contribution in [2.75, 3.05) is 13.7 Å². The predicted molar refractivity (Wildman–Crippen MR) is 118 cm³/mol. The van der Waals surface area contributed by atoms with Gasteiger partial charge in [0.1, 0.15) is 11.3 Å². The SMILES string of the molecule is COc1ccccc1CCNC(=O)c1ccc(Cn2nnc3ccccc3c2=O)cc1. The molecule has 0 unspecified atom stereocenters. The fourth-order valence-electron chi connectivity index (χ4n) is 3.38. The van der Waals surface area contributed by atoms with E-state index in [1.165, 1.54) is 4.68 Å². The van der Waals surface area contributed by atoms with Crippen molar-refractivity contribution in [2.24, 2.45) is 0 Å². The van der Waals surface area contributed by atoms with E-state index in [-0.39, 0.29) is 18.0 Å². The molecule has 1 amide bonds. The minimum atomic E-state index is -0.191. The maximum atomic E-state index is 12.6. The molecule has 0 fully saturated rings. The highest BCUT2D eigenvalue weighted by atomic mass is 16.5. The number of hydrogen-bond donors (Lipinski definition) is 1. The number of carbonyl (C=O) groups excluding carboxylic acids is 1. The van der Waals surface area contributed by atoms with Gasteiger partial charge in [0.05, 0.1) is 19.0 Å². The molecule has 0 aliphatic heterocycles. The molecule has 0 aliphatic carbocycles. The summed E-state index contributed by atoms with van der Waals surface area (Å²) in [4.78, 5) is 25.0. The lowest BCUT2D eigenvalue weighted by molar-refractivity contribution is 0.0954. The van der Waals surface area contributed by atoms with Crippen LogP contribution in [0.4, 0.5) is 0 Å². The fourth-order valence-corrected chi connectivity index (χ4v) is 3.38. The van der Waals surface area contributed by atoms with Crippen molar-refractivity contribution in [3.63, 3.8) is 0 Å². The minimum Gasteiger partial charge on any atom is -0.496 e. The van der Waals surface area contributed by atoms with E-state index in [0.29, 0.717) is 29.4 Å². The van der Waals surface area contributed by atoms with E-state index < -0.39 is 0 Å². The summed E-state index contributed by atoms with van der Waals surface area (Å²) in [6.07, 6.45) is 0.678. The van der Waals surface area contributed by atoms with E-state index in [2.05, 4.69) is 15.6 Å². The molecule has 0 radical (unpaired) electrons. The van der Waals surface area contributed by atoms with Gasteiger partial charge in [0.15, 0.2) is 0 Å². The van der Waals surface area contributed by atoms with Crippen molar-refractivity contribution in [3.05, 3.63) is 99.8 Å². The molecule has 0 aliphatic rings. The summed E-state index contributed by atoms with van der Waals surface area (Å²) >= 11 is 0. The van der Waals surface area contributed by atoms with Crippen LogP contribution in [0.2, 0.25) is 0 Å². The number of hydrogen-bond acceptors (Lipinski definition) is 5. The van der Waals surface area contributed by atoms with Gasteiger partial charge in [-0.15, -0.1) is 5.10 Å². The third-order valence-corrected chi connectivity index (χ3v) is 5.05. The summed E-state index contributed by atoms with van der Waals surface area (Å²) in [7, 11) is 1.64. The average molecular weight is 414 g/mol. The summed E-state index contributed by atoms with van der Waals surface area (Å²) in [5, 5.41) is 11.6. The maximum Gasteiger partial charge on any atom is 0.277 e. The zero-order chi connectivity index (χ0) is 21.6. The Morgan fingerprint density at radius 3 is 2.55 bits per heavy atom. The summed E-state index contributed by atoms with van der Waals surface area (Å²) in [6, 6.07) is 22.0. The van der Waals surface area contributed by atoms with Gasteiger partial charge < -0.3 is 10.1 Å². The second-order valence-electron chi connectivity index (χ2n) is 7.08. The molecule has 0 saturated heterocycles. The first kappa shape index (κ1) is 20.3. The van der Waals surface area contributed by atoms with Gasteiger partial charge >= 0.3 is 0 Å². The van der Waals surface area contributed by atoms with Gasteiger partial charge in [0.25, 0.3) is 11.5 Å². The Balaban J connectivity index is 1.38. The summed E-state index contributed by atoms with van der Waals surface area (Å²) in [5.74, 6) is 0.664. The molecule has 0 saturated carbocycles. The number of rotatable bonds is 7. The van der Waals surface area contributed by atoms with E-state index in [4.69, 9.17) is 4.74 Å². The van der Waals surface area contributed by atoms with Crippen LogP contribution in [0.25, 0.3) is 10.9 Å². The number of fused-ring (bicyclic) bond motifs is 1. The standard InChI is InChI=1S/C24H22N4O3/c1-31-22-9-5-2-6-18(22)14-15-25-23(29)19-12-10-17(11-13-19)16-28-24(30)20-7-3-4-8-21(20)26-27-28/h2-13H,14-16H2,1H3,(H,25,29). The van der Waals surface area contributed by atoms with Gasteiger partial charge in [-0.1, -0.05) is 47.7 Å². The minimum absolute atomic E-state index is 0.149. The lowest BCUT2D eigenvalue weighted by Crippen LogP contribution is -2.26. The molecule has 1 heterocycles. The molecule has 4 rings (SSSR count). The van der Waals surface area contributed by atoms with Crippen molar-refractivity contribution in [3.8, 4) is 5.75 Å². The lowest BCUT2D eigenvalue weighted by atomic mass is 10.1. The molecule has 31 heavy (non-hydrogen) atoms. The van der Waals surface area contributed by atoms with Crippen LogP contribution in [-0.4, -0.2) is 34.6 Å². The van der Waals surface area contributed by atoms with Crippen LogP contribution in [0.3, 0.4) is 0 Å². The average Bonchev–Trinajstić information content (AvgIpc) is 2.82. The molecule has 0 spiro atoms. The van der Waals surface area contributed by atoms with Crippen LogP contribution >= 0.6 is 0 Å². The van der Waals surface area contributed by atoms with Crippen LogP contribution < -0.4 is 15.6 Å². The Bertz CT molecular complexity index is 1270. The summed E-state index contributed by atoms with van der Waals surface area (Å²) in [6.45, 7) is 0.787. The van der Waals surface area contributed by atoms with Crippen molar-refractivity contribution in [2.45, 2.75) is 13.0 Å². The second-order valence-corrected chi connectivity index (χ2v) is 7.08. The fraction of sp³-hybridized carbons (Fsp3) is 0.167. The lowest BCUT2D eigenvalue weighted by Gasteiger charge is -2.10. The number of aromatic nitrogens is 3. The van der Waals surface area contributed by atoms with Gasteiger partial charge in [0.2, 0.25) is 0 Å². The Morgan fingerprint density at radius 1 is 1.00 bits per heavy atom. The zero-order valence-corrected chi connectivity index (χ0v) is 17.1. The van der Waals surface area contributed by atoms with Crippen LogP contribution in [0, 0.1) is 0 Å². The van der Waals surface area contributed by atoms with Crippen molar-refractivity contribution in [1.82, 2.24) is 20.3 Å². The first-order chi connectivity index (χ1) is 15.2. The second kappa shape index (κ2) is 9.21. The number of benzene rings is 3. The molecule has 1 aromatic heterocycles. The van der Waals surface area contributed by atoms with Gasteiger partial charge in [-0.25, -0.2) is 4.68 Å². The van der Waals surface area contributed by atoms with E-state index >= 15 is 0 Å². The van der Waals surface area contributed by atoms with Crippen molar-refractivity contribution in [1.29, 1.82) is 0 Å². The quantitative estimate of drug-likeness (QED) is 0.503. The van der Waals surface area contributed by atoms with Gasteiger partial charge in [-0.3, -0.25) is 9.59 Å². The Kier molecular flexibility index (Phi) is 6.03. The van der Waals surface area contributed by atoms with Gasteiger partial charge in [-0.05, 0) is 47.9 Å². The molecule has 1 N–H and O–H groups in total. The van der Waals surface area contributed by atoms with Gasteiger partial charge in [-0.2, -0.15) is 0 Å². The summed E-state index contributed by atoms with van der Waals surface area (Å²) in [5.41, 5.74) is 2.84. The normalized spacial score (nSPS) is 10.7. The number of amides is 1. The molecule has 0 bridgehead atoms. The number of para-hydroxylation sites is 1. The summed E-state index contributed by atoms with van der Waals surface area (Å²) < 4.78 is 6.66. The largest absolute Gasteiger partial charge is 0.496 e. The van der Waals surface area contributed by atoms with E-state index in [0.717, 1.165) is 16.9 Å². The van der Waals surface area contributed by atoms with E-state index in [1.807, 2.05) is 42.5 Å². The molecule has 3 aromatic carbocycles. The highest BCUT2D eigenvalue weighted by molar-refractivity contribution is 5.94. The van der Waals surface area contributed by atoms with Crippen LogP contribution in [0.1, 0.15) is 21.5 Å². The van der Waals surface area contributed by atoms with Gasteiger partial charge in [0, 0.05) is 12.1 Å². The third-order valence-electron chi connectivity index (χ3n) is 5.05. The number of nitrogens with one attached hydrogen (secondary N) is 1. The van der Waals surface area contributed by atoms with Crippen LogP contribution in [-0.2, 0) is 13.0 Å². The molecule has 0 atom stereocenters. The first-order valence-electron chi connectivity index (χ1n) is 9.97. The highest BCUT2D eigenvalue weighted by Gasteiger charge is 2.09. The molecule has 7 nitrogen and oxygen atoms in total. The molecule has 7 heteroatoms. The van der Waals surface area contributed by atoms with Crippen molar-refractivity contribution < 1.29 is 9.53 Å². The van der Waals surface area contributed by atoms with E-state index in [9.17, 15) is 9.59 Å². The smallest absolute Gasteiger partial charge is 0.277 e. The number of nitrogens with zero attached hydrogens (tertiary/aromatic N) is 3. The van der Waals surface area contributed by atoms with E-state index in [1.54, 1.807) is 37.4 Å². The first-order valence-corrected chi connectivity index (χ1v) is 9.97. The molecule has 156 valence electrons. The number of ether oxygens (including phenoxy) is 1. The third kappa shape index (κ3) is 4.61. The zero-order valence-electron chi connectivity index (χ0n) is 17.1. The van der Waals surface area contributed by atoms with Crippen molar-refractivity contribution >= 4 is 16.8 Å². The number of methoxy groups -OCH3 is 1. The topological polar surface area (TPSA) is 86.1 Å². The molecular formula is C24H22N4O3. The predicted octanol–water partition coefficient (Wildman–Crippen LogP) is 2.82.